The largest absolute Gasteiger partial charge is 0.472 e. The van der Waals surface area contributed by atoms with Crippen LogP contribution >= 0.6 is 15.6 Å². The molecule has 0 fully saturated rings. The molecule has 0 aliphatic heterocycles. The first-order valence-electron chi connectivity index (χ1n) is 40.0. The average molecular weight is 1420 g/mol. The van der Waals surface area contributed by atoms with Crippen LogP contribution in [0.3, 0.4) is 0 Å². The summed E-state index contributed by atoms with van der Waals surface area (Å²) >= 11 is 0. The van der Waals surface area contributed by atoms with Crippen LogP contribution in [0.4, 0.5) is 0 Å². The maximum Gasteiger partial charge on any atom is 0.472 e. The first-order chi connectivity index (χ1) is 47.0. The van der Waals surface area contributed by atoms with Crippen LogP contribution in [0.1, 0.15) is 388 Å². The topological polar surface area (TPSA) is 237 Å². The molecule has 0 rings (SSSR count). The van der Waals surface area contributed by atoms with Gasteiger partial charge in [0.2, 0.25) is 0 Å². The summed E-state index contributed by atoms with van der Waals surface area (Å²) in [4.78, 5) is 72.9. The lowest BCUT2D eigenvalue weighted by atomic mass is 10.0. The summed E-state index contributed by atoms with van der Waals surface area (Å²) in [5.74, 6) is -1.39. The third kappa shape index (κ3) is 71.7. The average Bonchev–Trinajstić information content (AvgIpc) is 1.51. The van der Waals surface area contributed by atoms with Crippen LogP contribution in [-0.2, 0) is 65.4 Å². The molecule has 0 saturated carbocycles. The molecule has 0 aliphatic carbocycles. The molecule has 572 valence electrons. The van der Waals surface area contributed by atoms with E-state index in [0.717, 1.165) is 115 Å². The molecule has 0 saturated heterocycles. The Morgan fingerprint density at radius 1 is 0.320 bits per heavy atom. The Morgan fingerprint density at radius 3 is 0.845 bits per heavy atom. The van der Waals surface area contributed by atoms with E-state index in [9.17, 15) is 43.2 Å². The van der Waals surface area contributed by atoms with Gasteiger partial charge in [-0.2, -0.15) is 0 Å². The van der Waals surface area contributed by atoms with E-state index in [1.54, 1.807) is 0 Å². The van der Waals surface area contributed by atoms with Crippen molar-refractivity contribution in [3.63, 3.8) is 0 Å². The van der Waals surface area contributed by atoms with Gasteiger partial charge in [0.05, 0.1) is 26.4 Å². The summed E-state index contributed by atoms with van der Waals surface area (Å²) in [6.07, 6.45) is 63.1. The van der Waals surface area contributed by atoms with Crippen molar-refractivity contribution in [3.05, 3.63) is 24.3 Å². The molecule has 5 atom stereocenters. The van der Waals surface area contributed by atoms with Crippen LogP contribution in [-0.4, -0.2) is 96.7 Å². The molecule has 0 spiro atoms. The summed E-state index contributed by atoms with van der Waals surface area (Å²) in [5.41, 5.74) is 0. The van der Waals surface area contributed by atoms with Gasteiger partial charge in [-0.3, -0.25) is 37.3 Å². The minimum absolute atomic E-state index is 0.102. The Hall–Kier alpha value is -2.46. The Kier molecular flexibility index (Phi) is 68.8. The molecular formula is C78H148O17P2. The van der Waals surface area contributed by atoms with Gasteiger partial charge in [0.25, 0.3) is 0 Å². The number of ether oxygens (including phenoxy) is 4. The SMILES string of the molecule is CCCCCC/C=C\C=C/CCCCCCCC(=O)OC[C@H](COP(=O)(O)OC[C@@H](O)COP(=O)(O)OC[C@@H](COC(=O)CCCCCCCCCCCCC)OC(=O)CCCCCCCCCCCCC(C)C)OC(=O)CCCCCCCCCCCCCCCCCCCC. The van der Waals surface area contributed by atoms with Crippen molar-refractivity contribution in [2.75, 3.05) is 39.6 Å². The van der Waals surface area contributed by atoms with Crippen LogP contribution in [0, 0.1) is 5.92 Å². The lowest BCUT2D eigenvalue weighted by Crippen LogP contribution is -2.30. The van der Waals surface area contributed by atoms with Crippen molar-refractivity contribution >= 4 is 39.5 Å². The minimum Gasteiger partial charge on any atom is -0.462 e. The zero-order valence-electron chi connectivity index (χ0n) is 62.7. The van der Waals surface area contributed by atoms with E-state index >= 15 is 0 Å². The van der Waals surface area contributed by atoms with Gasteiger partial charge in [-0.05, 0) is 57.3 Å². The van der Waals surface area contributed by atoms with Gasteiger partial charge in [-0.1, -0.05) is 335 Å². The van der Waals surface area contributed by atoms with Crippen molar-refractivity contribution in [2.45, 2.75) is 406 Å². The molecule has 0 radical (unpaired) electrons. The van der Waals surface area contributed by atoms with Gasteiger partial charge in [0, 0.05) is 25.7 Å². The highest BCUT2D eigenvalue weighted by Crippen LogP contribution is 2.45. The van der Waals surface area contributed by atoms with E-state index in [-0.39, 0.29) is 25.7 Å². The van der Waals surface area contributed by atoms with Gasteiger partial charge >= 0.3 is 39.5 Å². The lowest BCUT2D eigenvalue weighted by molar-refractivity contribution is -0.161. The monoisotopic (exact) mass is 1420 g/mol. The number of allylic oxidation sites excluding steroid dienone is 4. The van der Waals surface area contributed by atoms with Gasteiger partial charge in [-0.15, -0.1) is 0 Å². The summed E-state index contributed by atoms with van der Waals surface area (Å²) < 4.78 is 68.6. The second-order valence-electron chi connectivity index (χ2n) is 27.9. The van der Waals surface area contributed by atoms with Crippen molar-refractivity contribution in [2.24, 2.45) is 5.92 Å². The fourth-order valence-electron chi connectivity index (χ4n) is 11.5. The fourth-order valence-corrected chi connectivity index (χ4v) is 13.1. The number of phosphoric ester groups is 2. The number of rotatable bonds is 76. The minimum atomic E-state index is -4.97. The van der Waals surface area contributed by atoms with Gasteiger partial charge in [-0.25, -0.2) is 9.13 Å². The molecule has 17 nitrogen and oxygen atoms in total. The molecule has 0 amide bonds. The number of aliphatic hydroxyl groups is 1. The predicted molar refractivity (Wildman–Crippen MR) is 395 cm³/mol. The molecule has 97 heavy (non-hydrogen) atoms. The zero-order chi connectivity index (χ0) is 71.2. The summed E-state index contributed by atoms with van der Waals surface area (Å²) in [6, 6.07) is 0. The number of hydrogen-bond acceptors (Lipinski definition) is 15. The third-order valence-corrected chi connectivity index (χ3v) is 19.6. The second kappa shape index (κ2) is 70.6. The summed E-state index contributed by atoms with van der Waals surface area (Å²) in [7, 11) is -9.92. The lowest BCUT2D eigenvalue weighted by Gasteiger charge is -2.21. The van der Waals surface area contributed by atoms with E-state index in [2.05, 4.69) is 58.9 Å². The molecule has 0 aromatic rings. The number of hydrogen-bond donors (Lipinski definition) is 3. The molecule has 0 bridgehead atoms. The number of carbonyl (C=O) groups is 4. The van der Waals surface area contributed by atoms with Gasteiger partial charge in [0.15, 0.2) is 12.2 Å². The van der Waals surface area contributed by atoms with Crippen LogP contribution in [0.5, 0.6) is 0 Å². The molecule has 2 unspecified atom stereocenters. The van der Waals surface area contributed by atoms with Crippen molar-refractivity contribution in [1.29, 1.82) is 0 Å². The van der Waals surface area contributed by atoms with E-state index in [1.807, 2.05) is 0 Å². The molecule has 3 N–H and O–H groups in total. The van der Waals surface area contributed by atoms with E-state index in [1.165, 1.54) is 193 Å². The summed E-state index contributed by atoms with van der Waals surface area (Å²) in [6.45, 7) is 7.23. The quantitative estimate of drug-likeness (QED) is 0.0169. The smallest absolute Gasteiger partial charge is 0.462 e. The van der Waals surface area contributed by atoms with E-state index < -0.39 is 97.5 Å². The molecule has 0 heterocycles. The first-order valence-corrected chi connectivity index (χ1v) is 42.9. The van der Waals surface area contributed by atoms with Crippen LogP contribution in [0.2, 0.25) is 0 Å². The molecule has 19 heteroatoms. The summed E-state index contributed by atoms with van der Waals surface area (Å²) in [5, 5.41) is 10.6. The number of phosphoric acid groups is 2. The second-order valence-corrected chi connectivity index (χ2v) is 30.8. The van der Waals surface area contributed by atoms with Crippen LogP contribution in [0.25, 0.3) is 0 Å². The van der Waals surface area contributed by atoms with Gasteiger partial charge < -0.3 is 33.8 Å². The van der Waals surface area contributed by atoms with Gasteiger partial charge in [0.1, 0.15) is 19.3 Å². The number of unbranched alkanes of at least 4 members (excludes halogenated alkanes) is 45. The predicted octanol–water partition coefficient (Wildman–Crippen LogP) is 22.8. The standard InChI is InChI=1S/C78H148O17P2/c1-6-9-12-15-18-21-24-26-28-29-30-32-34-37-43-48-53-58-63-77(82)94-73(68-89-76(81)62-57-52-47-42-36-33-31-27-25-22-19-16-13-10-7-2)69-92-96(84,85)90-65-72(79)66-91-97(86,87)93-70-74(67-88-75(80)61-56-51-46-41-35-23-20-17-14-11-8-3)95-78(83)64-59-54-49-44-39-38-40-45-50-55-60-71(4)5/h22,25,27,31,71-74,79H,6-21,23-24,26,28-30,32-70H2,1-5H3,(H,84,85)(H,86,87)/b25-22-,31-27-/t72-,73-,74-/m1/s1. The molecule has 0 aliphatic rings. The third-order valence-electron chi connectivity index (χ3n) is 17.7. The zero-order valence-corrected chi connectivity index (χ0v) is 64.5. The first kappa shape index (κ1) is 94.5. The fraction of sp³-hybridized carbons (Fsp3) is 0.897. The molecule has 0 aromatic carbocycles. The van der Waals surface area contributed by atoms with Crippen molar-refractivity contribution in [3.8, 4) is 0 Å². The van der Waals surface area contributed by atoms with E-state index in [4.69, 9.17) is 37.0 Å². The molecule has 0 aromatic heterocycles. The Balaban J connectivity index is 5.28. The number of esters is 4. The van der Waals surface area contributed by atoms with E-state index in [0.29, 0.717) is 25.7 Å². The Labute approximate surface area is 592 Å². The number of carbonyl (C=O) groups excluding carboxylic acids is 4. The van der Waals surface area contributed by atoms with Crippen LogP contribution < -0.4 is 0 Å². The number of aliphatic hydroxyl groups excluding tert-OH is 1. The van der Waals surface area contributed by atoms with Crippen molar-refractivity contribution < 1.29 is 80.2 Å². The van der Waals surface area contributed by atoms with Crippen LogP contribution in [0.15, 0.2) is 24.3 Å². The maximum absolute atomic E-state index is 13.1. The maximum atomic E-state index is 13.1. The normalized spacial score (nSPS) is 14.1. The Morgan fingerprint density at radius 2 is 0.557 bits per heavy atom. The Bertz CT molecular complexity index is 1950. The highest BCUT2D eigenvalue weighted by atomic mass is 31.2. The highest BCUT2D eigenvalue weighted by Gasteiger charge is 2.30. The van der Waals surface area contributed by atoms with Crippen molar-refractivity contribution in [1.82, 2.24) is 0 Å². The molecular weight excluding hydrogens is 1270 g/mol. The highest BCUT2D eigenvalue weighted by molar-refractivity contribution is 7.47.